The van der Waals surface area contributed by atoms with E-state index < -0.39 is 16.1 Å². The summed E-state index contributed by atoms with van der Waals surface area (Å²) in [5.74, 6) is 0.757. The van der Waals surface area contributed by atoms with Crippen molar-refractivity contribution in [3.8, 4) is 11.5 Å². The topological polar surface area (TPSA) is 81.7 Å². The average Bonchev–Trinajstić information content (AvgIpc) is 2.45. The summed E-state index contributed by atoms with van der Waals surface area (Å²) in [7, 11) is -3.75. The first-order chi connectivity index (χ1) is 9.44. The summed E-state index contributed by atoms with van der Waals surface area (Å²) in [5, 5.41) is 0. The minimum Gasteiger partial charge on any atom is -0.486 e. The van der Waals surface area contributed by atoms with Gasteiger partial charge in [-0.1, -0.05) is 6.92 Å². The Bertz CT molecular complexity index is 611. The number of carbonyl (C=O) groups is 1. The molecule has 0 spiro atoms. The van der Waals surface area contributed by atoms with E-state index in [0.717, 1.165) is 0 Å². The molecule has 1 heterocycles. The van der Waals surface area contributed by atoms with Gasteiger partial charge in [0.05, 0.1) is 10.9 Å². The van der Waals surface area contributed by atoms with Gasteiger partial charge in [0.25, 0.3) is 0 Å². The molecule has 1 unspecified atom stereocenters. The van der Waals surface area contributed by atoms with Crippen LogP contribution in [0.1, 0.15) is 20.3 Å². The van der Waals surface area contributed by atoms with Crippen LogP contribution in [0.15, 0.2) is 23.1 Å². The van der Waals surface area contributed by atoms with Crippen molar-refractivity contribution < 1.29 is 22.7 Å². The Hall–Kier alpha value is -1.60. The summed E-state index contributed by atoms with van der Waals surface area (Å²) in [6, 6.07) is 3.63. The highest BCUT2D eigenvalue weighted by Gasteiger charge is 2.23. The van der Waals surface area contributed by atoms with Gasteiger partial charge >= 0.3 is 0 Å². The molecule has 0 fully saturated rings. The van der Waals surface area contributed by atoms with Crippen molar-refractivity contribution in [2.75, 3.05) is 13.2 Å². The van der Waals surface area contributed by atoms with Crippen molar-refractivity contribution in [3.05, 3.63) is 18.2 Å². The van der Waals surface area contributed by atoms with E-state index in [0.29, 0.717) is 24.7 Å². The molecule has 1 aromatic rings. The molecule has 0 saturated carbocycles. The third-order valence-corrected chi connectivity index (χ3v) is 4.53. The van der Waals surface area contributed by atoms with Crippen LogP contribution in [0.2, 0.25) is 0 Å². The normalized spacial score (nSPS) is 15.7. The minimum atomic E-state index is -3.75. The molecule has 6 nitrogen and oxygen atoms in total. The molecule has 1 atom stereocenters. The number of sulfonamides is 1. The number of hydrogen-bond donors (Lipinski definition) is 1. The number of benzene rings is 1. The van der Waals surface area contributed by atoms with E-state index in [4.69, 9.17) is 9.47 Å². The van der Waals surface area contributed by atoms with E-state index in [9.17, 15) is 13.2 Å². The minimum absolute atomic E-state index is 0.0532. The first kappa shape index (κ1) is 14.8. The Balaban J connectivity index is 2.23. The predicted molar refractivity (Wildman–Crippen MR) is 72.5 cm³/mol. The first-order valence-electron chi connectivity index (χ1n) is 6.38. The van der Waals surface area contributed by atoms with E-state index in [1.165, 1.54) is 19.1 Å². The molecular weight excluding hydrogens is 282 g/mol. The summed E-state index contributed by atoms with van der Waals surface area (Å²) in [6.07, 6.45) is 0.283. The van der Waals surface area contributed by atoms with Crippen LogP contribution in [0.5, 0.6) is 11.5 Å². The number of Topliss-reactive ketones (excluding diaryl/α,β-unsaturated/α-hetero) is 1. The Morgan fingerprint density at radius 3 is 2.60 bits per heavy atom. The van der Waals surface area contributed by atoms with Crippen molar-refractivity contribution in [2.24, 2.45) is 0 Å². The molecular formula is C13H17NO5S. The standard InChI is InChI=1S/C13H17NO5S/c1-3-11(15)9(2)14-20(16,17)10-4-5-12-13(8-10)19-7-6-18-12/h4-5,8-9,14H,3,6-7H2,1-2H3. The zero-order chi connectivity index (χ0) is 14.8. The number of ether oxygens (including phenoxy) is 2. The molecule has 0 amide bonds. The maximum atomic E-state index is 12.2. The van der Waals surface area contributed by atoms with Crippen LogP contribution < -0.4 is 14.2 Å². The second-order valence-electron chi connectivity index (χ2n) is 4.47. The van der Waals surface area contributed by atoms with Crippen molar-refractivity contribution in [1.82, 2.24) is 4.72 Å². The quantitative estimate of drug-likeness (QED) is 0.880. The zero-order valence-electron chi connectivity index (χ0n) is 11.4. The van der Waals surface area contributed by atoms with Crippen LogP contribution in [0.4, 0.5) is 0 Å². The Morgan fingerprint density at radius 2 is 1.95 bits per heavy atom. The highest BCUT2D eigenvalue weighted by Crippen LogP contribution is 2.32. The molecule has 1 aliphatic heterocycles. The number of fused-ring (bicyclic) bond motifs is 1. The molecule has 0 saturated heterocycles. The fraction of sp³-hybridized carbons (Fsp3) is 0.462. The monoisotopic (exact) mass is 299 g/mol. The van der Waals surface area contributed by atoms with E-state index in [1.807, 2.05) is 0 Å². The lowest BCUT2D eigenvalue weighted by molar-refractivity contribution is -0.119. The highest BCUT2D eigenvalue weighted by atomic mass is 32.2. The first-order valence-corrected chi connectivity index (χ1v) is 7.87. The number of carbonyl (C=O) groups excluding carboxylic acids is 1. The largest absolute Gasteiger partial charge is 0.486 e. The second kappa shape index (κ2) is 5.80. The number of nitrogens with one attached hydrogen (secondary N) is 1. The number of ketones is 1. The van der Waals surface area contributed by atoms with Gasteiger partial charge < -0.3 is 9.47 Å². The Kier molecular flexibility index (Phi) is 4.29. The molecule has 1 aliphatic rings. The fourth-order valence-electron chi connectivity index (χ4n) is 1.86. The number of hydrogen-bond acceptors (Lipinski definition) is 5. The van der Waals surface area contributed by atoms with Crippen LogP contribution in [-0.4, -0.2) is 33.5 Å². The molecule has 0 bridgehead atoms. The average molecular weight is 299 g/mol. The van der Waals surface area contributed by atoms with Crippen molar-refractivity contribution in [2.45, 2.75) is 31.2 Å². The SMILES string of the molecule is CCC(=O)C(C)NS(=O)(=O)c1ccc2c(c1)OCCO2. The van der Waals surface area contributed by atoms with Gasteiger partial charge in [-0.15, -0.1) is 0 Å². The molecule has 110 valence electrons. The summed E-state index contributed by atoms with van der Waals surface area (Å²) < 4.78 is 37.4. The van der Waals surface area contributed by atoms with E-state index in [-0.39, 0.29) is 17.1 Å². The van der Waals surface area contributed by atoms with Crippen molar-refractivity contribution in [1.29, 1.82) is 0 Å². The van der Waals surface area contributed by atoms with Crippen LogP contribution in [-0.2, 0) is 14.8 Å². The van der Waals surface area contributed by atoms with Gasteiger partial charge in [-0.3, -0.25) is 4.79 Å². The predicted octanol–water partition coefficient (Wildman–Crippen LogP) is 1.10. The summed E-state index contributed by atoms with van der Waals surface area (Å²) in [4.78, 5) is 11.5. The summed E-state index contributed by atoms with van der Waals surface area (Å²) in [6.45, 7) is 4.05. The maximum absolute atomic E-state index is 12.2. The van der Waals surface area contributed by atoms with Gasteiger partial charge in [-0.25, -0.2) is 13.1 Å². The van der Waals surface area contributed by atoms with Gasteiger partial charge in [-0.05, 0) is 19.1 Å². The number of rotatable bonds is 5. The van der Waals surface area contributed by atoms with Crippen LogP contribution in [0.3, 0.4) is 0 Å². The molecule has 0 radical (unpaired) electrons. The molecule has 0 aliphatic carbocycles. The lowest BCUT2D eigenvalue weighted by Gasteiger charge is -2.19. The van der Waals surface area contributed by atoms with Crippen molar-refractivity contribution >= 4 is 15.8 Å². The molecule has 2 rings (SSSR count). The molecule has 20 heavy (non-hydrogen) atoms. The highest BCUT2D eigenvalue weighted by molar-refractivity contribution is 7.89. The fourth-order valence-corrected chi connectivity index (χ4v) is 3.11. The van der Waals surface area contributed by atoms with Gasteiger partial charge in [-0.2, -0.15) is 0 Å². The Labute approximate surface area is 118 Å². The third-order valence-electron chi connectivity index (χ3n) is 2.99. The van der Waals surface area contributed by atoms with E-state index in [1.54, 1.807) is 13.0 Å². The van der Waals surface area contributed by atoms with Gasteiger partial charge in [0.15, 0.2) is 11.5 Å². The second-order valence-corrected chi connectivity index (χ2v) is 6.18. The van der Waals surface area contributed by atoms with E-state index in [2.05, 4.69) is 4.72 Å². The molecule has 1 aromatic carbocycles. The molecule has 1 N–H and O–H groups in total. The van der Waals surface area contributed by atoms with Crippen LogP contribution >= 0.6 is 0 Å². The van der Waals surface area contributed by atoms with Gasteiger partial charge in [0, 0.05) is 12.5 Å². The lowest BCUT2D eigenvalue weighted by Crippen LogP contribution is -2.38. The maximum Gasteiger partial charge on any atom is 0.241 e. The van der Waals surface area contributed by atoms with Crippen LogP contribution in [0, 0.1) is 0 Å². The van der Waals surface area contributed by atoms with Crippen molar-refractivity contribution in [3.63, 3.8) is 0 Å². The van der Waals surface area contributed by atoms with Gasteiger partial charge in [0.1, 0.15) is 19.0 Å². The van der Waals surface area contributed by atoms with Crippen LogP contribution in [0.25, 0.3) is 0 Å². The zero-order valence-corrected chi connectivity index (χ0v) is 12.2. The van der Waals surface area contributed by atoms with E-state index >= 15 is 0 Å². The summed E-state index contributed by atoms with van der Waals surface area (Å²) >= 11 is 0. The molecule has 0 aromatic heterocycles. The summed E-state index contributed by atoms with van der Waals surface area (Å²) in [5.41, 5.74) is 0. The smallest absolute Gasteiger partial charge is 0.241 e. The Morgan fingerprint density at radius 1 is 1.30 bits per heavy atom. The third kappa shape index (κ3) is 3.10. The lowest BCUT2D eigenvalue weighted by atomic mass is 10.2. The molecule has 7 heteroatoms. The van der Waals surface area contributed by atoms with Gasteiger partial charge in [0.2, 0.25) is 10.0 Å².